The molecule has 2 amide bonds. The van der Waals surface area contributed by atoms with Crippen LogP contribution < -0.4 is 0 Å². The summed E-state index contributed by atoms with van der Waals surface area (Å²) in [6, 6.07) is 8.14. The van der Waals surface area contributed by atoms with Crippen LogP contribution in [0.15, 0.2) is 30.5 Å². The van der Waals surface area contributed by atoms with Crippen LogP contribution in [0.1, 0.15) is 24.8 Å². The standard InChI is InChI=1S/C19H23N3O3/c1-21-12-19(25-18(21)24)9-4-10-22(13-19)17(23)8-7-14-11-20-16-6-3-2-5-15(14)16/h2-3,5-6,11,20H,4,7-10,12-13H2,1H3/t19-/m0/s1. The van der Waals surface area contributed by atoms with Gasteiger partial charge in [-0.2, -0.15) is 0 Å². The first-order chi connectivity index (χ1) is 12.1. The lowest BCUT2D eigenvalue weighted by Gasteiger charge is -2.38. The molecule has 0 unspecified atom stereocenters. The van der Waals surface area contributed by atoms with Crippen LogP contribution in [0.2, 0.25) is 0 Å². The number of H-pyrrole nitrogens is 1. The van der Waals surface area contributed by atoms with Crippen molar-refractivity contribution in [2.75, 3.05) is 26.7 Å². The number of aromatic nitrogens is 1. The number of rotatable bonds is 3. The van der Waals surface area contributed by atoms with Crippen LogP contribution in [0.4, 0.5) is 4.79 Å². The van der Waals surface area contributed by atoms with E-state index < -0.39 is 5.60 Å². The van der Waals surface area contributed by atoms with Gasteiger partial charge in [0.05, 0.1) is 13.1 Å². The van der Waals surface area contributed by atoms with Crippen LogP contribution in [-0.2, 0) is 16.0 Å². The van der Waals surface area contributed by atoms with E-state index in [1.807, 2.05) is 29.3 Å². The van der Waals surface area contributed by atoms with Gasteiger partial charge >= 0.3 is 6.09 Å². The molecule has 1 aromatic heterocycles. The fraction of sp³-hybridized carbons (Fsp3) is 0.474. The normalized spacial score (nSPS) is 23.5. The number of benzene rings is 1. The summed E-state index contributed by atoms with van der Waals surface area (Å²) in [5, 5.41) is 1.18. The fourth-order valence-electron chi connectivity index (χ4n) is 4.05. The molecular weight excluding hydrogens is 318 g/mol. The summed E-state index contributed by atoms with van der Waals surface area (Å²) in [7, 11) is 1.74. The smallest absolute Gasteiger partial charge is 0.410 e. The van der Waals surface area contributed by atoms with Gasteiger partial charge in [0.2, 0.25) is 5.91 Å². The molecule has 4 rings (SSSR count). The number of para-hydroxylation sites is 1. The molecule has 132 valence electrons. The lowest BCUT2D eigenvalue weighted by Crippen LogP contribution is -2.52. The van der Waals surface area contributed by atoms with Crippen LogP contribution in [-0.4, -0.2) is 59.1 Å². The maximum Gasteiger partial charge on any atom is 0.410 e. The number of piperidine rings is 1. The van der Waals surface area contributed by atoms with Gasteiger partial charge in [0.15, 0.2) is 0 Å². The maximum absolute atomic E-state index is 12.7. The number of carbonyl (C=O) groups is 2. The summed E-state index contributed by atoms with van der Waals surface area (Å²) >= 11 is 0. The molecule has 2 saturated heterocycles. The van der Waals surface area contributed by atoms with Gasteiger partial charge < -0.3 is 19.5 Å². The van der Waals surface area contributed by atoms with Crippen LogP contribution in [0, 0.1) is 0 Å². The zero-order chi connectivity index (χ0) is 17.4. The molecule has 3 heterocycles. The number of hydrogen-bond donors (Lipinski definition) is 1. The largest absolute Gasteiger partial charge is 0.439 e. The number of ether oxygens (including phenoxy) is 1. The van der Waals surface area contributed by atoms with Crippen molar-refractivity contribution in [3.05, 3.63) is 36.0 Å². The Morgan fingerprint density at radius 1 is 1.32 bits per heavy atom. The molecule has 0 bridgehead atoms. The number of hydrogen-bond acceptors (Lipinski definition) is 3. The number of nitrogens with zero attached hydrogens (tertiary/aromatic N) is 2. The molecule has 25 heavy (non-hydrogen) atoms. The highest BCUT2D eigenvalue weighted by molar-refractivity contribution is 5.84. The SMILES string of the molecule is CN1C[C@]2(CCCN(C(=O)CCc3c[nH]c4ccccc34)C2)OC1=O. The first-order valence-corrected chi connectivity index (χ1v) is 8.83. The van der Waals surface area contributed by atoms with Gasteiger partial charge in [-0.25, -0.2) is 4.79 Å². The topological polar surface area (TPSA) is 65.6 Å². The number of fused-ring (bicyclic) bond motifs is 1. The molecule has 1 N–H and O–H groups in total. The molecule has 0 radical (unpaired) electrons. The summed E-state index contributed by atoms with van der Waals surface area (Å²) in [6.07, 6.45) is 4.60. The molecule has 1 atom stereocenters. The van der Waals surface area contributed by atoms with Crippen molar-refractivity contribution >= 4 is 22.9 Å². The third kappa shape index (κ3) is 2.97. The molecule has 2 aromatic rings. The molecular formula is C19H23N3O3. The fourth-order valence-corrected chi connectivity index (χ4v) is 4.05. The summed E-state index contributed by atoms with van der Waals surface area (Å²) in [5.74, 6) is 0.134. The number of likely N-dealkylation sites (tertiary alicyclic amines) is 1. The zero-order valence-electron chi connectivity index (χ0n) is 14.5. The zero-order valence-corrected chi connectivity index (χ0v) is 14.5. The summed E-state index contributed by atoms with van der Waals surface area (Å²) < 4.78 is 5.58. The van der Waals surface area contributed by atoms with Crippen LogP contribution in [0.5, 0.6) is 0 Å². The van der Waals surface area contributed by atoms with Gasteiger partial charge in [0, 0.05) is 37.1 Å². The number of aromatic amines is 1. The molecule has 2 aliphatic heterocycles. The van der Waals surface area contributed by atoms with Crippen molar-refractivity contribution in [2.45, 2.75) is 31.3 Å². The van der Waals surface area contributed by atoms with Gasteiger partial charge in [0.1, 0.15) is 5.60 Å². The molecule has 1 spiro atoms. The van der Waals surface area contributed by atoms with Crippen LogP contribution in [0.3, 0.4) is 0 Å². The van der Waals surface area contributed by atoms with Crippen molar-refractivity contribution in [3.63, 3.8) is 0 Å². The highest BCUT2D eigenvalue weighted by Gasteiger charge is 2.47. The van der Waals surface area contributed by atoms with Crippen molar-refractivity contribution in [2.24, 2.45) is 0 Å². The Kier molecular flexibility index (Phi) is 3.90. The second-order valence-corrected chi connectivity index (χ2v) is 7.19. The van der Waals surface area contributed by atoms with E-state index in [4.69, 9.17) is 4.74 Å². The second-order valence-electron chi connectivity index (χ2n) is 7.19. The predicted octanol–water partition coefficient (Wildman–Crippen LogP) is 2.54. The van der Waals surface area contributed by atoms with Crippen LogP contribution >= 0.6 is 0 Å². The lowest BCUT2D eigenvalue weighted by atomic mass is 9.92. The third-order valence-corrected chi connectivity index (χ3v) is 5.32. The predicted molar refractivity (Wildman–Crippen MR) is 94.3 cm³/mol. The van der Waals surface area contributed by atoms with Gasteiger partial charge in [-0.3, -0.25) is 4.79 Å². The molecule has 2 fully saturated rings. The van der Waals surface area contributed by atoms with Crippen molar-refractivity contribution < 1.29 is 14.3 Å². The Balaban J connectivity index is 1.40. The Morgan fingerprint density at radius 3 is 2.96 bits per heavy atom. The van der Waals surface area contributed by atoms with E-state index in [2.05, 4.69) is 11.1 Å². The minimum Gasteiger partial charge on any atom is -0.439 e. The Labute approximate surface area is 146 Å². The summed E-state index contributed by atoms with van der Waals surface area (Å²) in [6.45, 7) is 1.82. The summed E-state index contributed by atoms with van der Waals surface area (Å²) in [4.78, 5) is 31.1. The highest BCUT2D eigenvalue weighted by Crippen LogP contribution is 2.31. The summed E-state index contributed by atoms with van der Waals surface area (Å²) in [5.41, 5.74) is 1.76. The molecule has 0 saturated carbocycles. The number of carbonyl (C=O) groups excluding carboxylic acids is 2. The average molecular weight is 341 g/mol. The van der Waals surface area contributed by atoms with E-state index in [0.717, 1.165) is 24.9 Å². The monoisotopic (exact) mass is 341 g/mol. The minimum atomic E-state index is -0.513. The van der Waals surface area contributed by atoms with E-state index in [9.17, 15) is 9.59 Å². The van der Waals surface area contributed by atoms with Crippen molar-refractivity contribution in [1.82, 2.24) is 14.8 Å². The first kappa shape index (κ1) is 16.0. The van der Waals surface area contributed by atoms with Gasteiger partial charge in [-0.05, 0) is 30.9 Å². The molecule has 0 aliphatic carbocycles. The average Bonchev–Trinajstić information content (AvgIpc) is 3.14. The Hall–Kier alpha value is -2.50. The maximum atomic E-state index is 12.7. The van der Waals surface area contributed by atoms with Gasteiger partial charge in [-0.15, -0.1) is 0 Å². The van der Waals surface area contributed by atoms with E-state index >= 15 is 0 Å². The first-order valence-electron chi connectivity index (χ1n) is 8.83. The van der Waals surface area contributed by atoms with Crippen molar-refractivity contribution in [1.29, 1.82) is 0 Å². The van der Waals surface area contributed by atoms with E-state index in [1.165, 1.54) is 10.9 Å². The molecule has 1 aromatic carbocycles. The molecule has 2 aliphatic rings. The number of amides is 2. The van der Waals surface area contributed by atoms with E-state index in [-0.39, 0.29) is 12.0 Å². The Morgan fingerprint density at radius 2 is 2.16 bits per heavy atom. The van der Waals surface area contributed by atoms with Crippen LogP contribution in [0.25, 0.3) is 10.9 Å². The second kappa shape index (κ2) is 6.10. The lowest BCUT2D eigenvalue weighted by molar-refractivity contribution is -0.136. The Bertz CT molecular complexity index is 815. The number of aryl methyl sites for hydroxylation is 1. The van der Waals surface area contributed by atoms with E-state index in [0.29, 0.717) is 25.9 Å². The third-order valence-electron chi connectivity index (χ3n) is 5.32. The highest BCUT2D eigenvalue weighted by atomic mass is 16.6. The van der Waals surface area contributed by atoms with Gasteiger partial charge in [0.25, 0.3) is 0 Å². The number of nitrogens with one attached hydrogen (secondary N) is 1. The number of likely N-dealkylation sites (N-methyl/N-ethyl adjacent to an activating group) is 1. The van der Waals surface area contributed by atoms with Gasteiger partial charge in [-0.1, -0.05) is 18.2 Å². The quantitative estimate of drug-likeness (QED) is 0.933. The molecule has 6 nitrogen and oxygen atoms in total. The molecule has 6 heteroatoms. The minimum absolute atomic E-state index is 0.134. The van der Waals surface area contributed by atoms with Crippen molar-refractivity contribution in [3.8, 4) is 0 Å². The van der Waals surface area contributed by atoms with E-state index in [1.54, 1.807) is 11.9 Å².